The predicted molar refractivity (Wildman–Crippen MR) is 94.1 cm³/mol. The SMILES string of the molecule is COC(=O)[C@H]1[C@@H](C(=O)O)[C@H](c2ccccc2)C=C[C@H]1c1ccccc1. The number of methoxy groups -OCH3 is 1. The molecule has 1 N–H and O–H groups in total. The second-order valence-electron chi connectivity index (χ2n) is 6.17. The van der Waals surface area contributed by atoms with Crippen molar-refractivity contribution < 1.29 is 19.4 Å². The average molecular weight is 336 g/mol. The third-order valence-corrected chi connectivity index (χ3v) is 4.81. The highest BCUT2D eigenvalue weighted by molar-refractivity contribution is 5.84. The van der Waals surface area contributed by atoms with Crippen LogP contribution in [0.25, 0.3) is 0 Å². The minimum atomic E-state index is -0.991. The largest absolute Gasteiger partial charge is 0.481 e. The van der Waals surface area contributed by atoms with Gasteiger partial charge in [0.2, 0.25) is 0 Å². The fourth-order valence-electron chi connectivity index (χ4n) is 3.65. The van der Waals surface area contributed by atoms with Crippen LogP contribution in [0.5, 0.6) is 0 Å². The van der Waals surface area contributed by atoms with E-state index in [-0.39, 0.29) is 11.8 Å². The van der Waals surface area contributed by atoms with E-state index in [1.165, 1.54) is 7.11 Å². The Morgan fingerprint density at radius 2 is 1.24 bits per heavy atom. The fourth-order valence-corrected chi connectivity index (χ4v) is 3.65. The molecule has 0 fully saturated rings. The van der Waals surface area contributed by atoms with E-state index in [1.807, 2.05) is 72.8 Å². The smallest absolute Gasteiger partial charge is 0.310 e. The first kappa shape index (κ1) is 17.0. The van der Waals surface area contributed by atoms with Crippen molar-refractivity contribution in [2.45, 2.75) is 11.8 Å². The monoisotopic (exact) mass is 336 g/mol. The summed E-state index contributed by atoms with van der Waals surface area (Å²) in [4.78, 5) is 24.6. The van der Waals surface area contributed by atoms with Gasteiger partial charge in [-0.1, -0.05) is 72.8 Å². The minimum absolute atomic E-state index is 0.324. The highest BCUT2D eigenvalue weighted by Gasteiger charge is 2.46. The number of carbonyl (C=O) groups is 2. The molecule has 0 amide bonds. The van der Waals surface area contributed by atoms with Crippen molar-refractivity contribution >= 4 is 11.9 Å². The van der Waals surface area contributed by atoms with Crippen molar-refractivity contribution in [2.75, 3.05) is 7.11 Å². The molecule has 0 saturated carbocycles. The molecule has 0 aromatic heterocycles. The van der Waals surface area contributed by atoms with Crippen LogP contribution in [0.1, 0.15) is 23.0 Å². The highest BCUT2D eigenvalue weighted by atomic mass is 16.5. The van der Waals surface area contributed by atoms with Gasteiger partial charge in [0.1, 0.15) is 0 Å². The number of rotatable bonds is 4. The van der Waals surface area contributed by atoms with Crippen molar-refractivity contribution in [1.82, 2.24) is 0 Å². The van der Waals surface area contributed by atoms with Crippen LogP contribution < -0.4 is 0 Å². The van der Waals surface area contributed by atoms with E-state index >= 15 is 0 Å². The summed E-state index contributed by atoms with van der Waals surface area (Å²) in [6, 6.07) is 18.9. The summed E-state index contributed by atoms with van der Waals surface area (Å²) in [5, 5.41) is 9.91. The lowest BCUT2D eigenvalue weighted by Crippen LogP contribution is -2.40. The molecule has 1 aliphatic carbocycles. The Hall–Kier alpha value is -2.88. The summed E-state index contributed by atoms with van der Waals surface area (Å²) in [6.07, 6.45) is 3.85. The maximum Gasteiger partial charge on any atom is 0.310 e. The first-order chi connectivity index (χ1) is 12.1. The third-order valence-electron chi connectivity index (χ3n) is 4.81. The van der Waals surface area contributed by atoms with Crippen LogP contribution in [0.3, 0.4) is 0 Å². The normalized spacial score (nSPS) is 25.3. The van der Waals surface area contributed by atoms with Gasteiger partial charge in [-0.2, -0.15) is 0 Å². The van der Waals surface area contributed by atoms with Crippen LogP contribution >= 0.6 is 0 Å². The topological polar surface area (TPSA) is 63.6 Å². The lowest BCUT2D eigenvalue weighted by atomic mass is 9.66. The number of hydrogen-bond donors (Lipinski definition) is 1. The number of carbonyl (C=O) groups excluding carboxylic acids is 1. The third kappa shape index (κ3) is 3.33. The summed E-state index contributed by atoms with van der Waals surface area (Å²) < 4.78 is 4.97. The van der Waals surface area contributed by atoms with Gasteiger partial charge >= 0.3 is 11.9 Å². The van der Waals surface area contributed by atoms with Gasteiger partial charge in [0.25, 0.3) is 0 Å². The molecule has 2 aromatic rings. The molecule has 1 aliphatic rings. The van der Waals surface area contributed by atoms with Gasteiger partial charge in [-0.15, -0.1) is 0 Å². The quantitative estimate of drug-likeness (QED) is 0.684. The Bertz CT molecular complexity index is 767. The number of esters is 1. The zero-order chi connectivity index (χ0) is 17.8. The van der Waals surface area contributed by atoms with Gasteiger partial charge in [-0.05, 0) is 11.1 Å². The average Bonchev–Trinajstić information content (AvgIpc) is 2.67. The van der Waals surface area contributed by atoms with Crippen LogP contribution in [0.15, 0.2) is 72.8 Å². The van der Waals surface area contributed by atoms with Crippen LogP contribution in [-0.4, -0.2) is 24.2 Å². The summed E-state index contributed by atoms with van der Waals surface area (Å²) in [5.74, 6) is -3.84. The molecule has 128 valence electrons. The number of allylic oxidation sites excluding steroid dienone is 2. The summed E-state index contributed by atoms with van der Waals surface area (Å²) >= 11 is 0. The first-order valence-electron chi connectivity index (χ1n) is 8.22. The molecule has 0 radical (unpaired) electrons. The molecular weight excluding hydrogens is 316 g/mol. The molecule has 4 atom stereocenters. The predicted octanol–water partition coefficient (Wildman–Crippen LogP) is 3.61. The Morgan fingerprint density at radius 1 is 0.800 bits per heavy atom. The van der Waals surface area contributed by atoms with Crippen molar-refractivity contribution in [2.24, 2.45) is 11.8 Å². The molecule has 25 heavy (non-hydrogen) atoms. The maximum atomic E-state index is 12.5. The lowest BCUT2D eigenvalue weighted by molar-refractivity contribution is -0.157. The van der Waals surface area contributed by atoms with E-state index in [1.54, 1.807) is 0 Å². The zero-order valence-corrected chi connectivity index (χ0v) is 13.9. The number of carboxylic acid groups (broad SMARTS) is 1. The van der Waals surface area contributed by atoms with Gasteiger partial charge in [-0.3, -0.25) is 9.59 Å². The van der Waals surface area contributed by atoms with E-state index in [9.17, 15) is 14.7 Å². The number of ether oxygens (including phenoxy) is 1. The fraction of sp³-hybridized carbons (Fsp3) is 0.238. The van der Waals surface area contributed by atoms with Gasteiger partial charge < -0.3 is 9.84 Å². The number of aliphatic carboxylic acids is 1. The number of benzene rings is 2. The molecule has 0 aliphatic heterocycles. The van der Waals surface area contributed by atoms with Crippen molar-refractivity contribution in [1.29, 1.82) is 0 Å². The van der Waals surface area contributed by atoms with Crippen LogP contribution in [0.2, 0.25) is 0 Å². The molecule has 0 heterocycles. The molecule has 4 nitrogen and oxygen atoms in total. The molecule has 0 bridgehead atoms. The molecule has 4 heteroatoms. The van der Waals surface area contributed by atoms with E-state index in [2.05, 4.69) is 0 Å². The molecular formula is C21H20O4. The Kier molecular flexibility index (Phi) is 4.98. The van der Waals surface area contributed by atoms with Crippen LogP contribution in [-0.2, 0) is 14.3 Å². The molecule has 0 saturated heterocycles. The minimum Gasteiger partial charge on any atom is -0.481 e. The standard InChI is InChI=1S/C21H20O4/c1-25-21(24)19-17(15-10-6-3-7-11-15)13-12-16(18(19)20(22)23)14-8-4-2-5-9-14/h2-13,16-19H,1H3,(H,22,23)/t16-,17-,18-,19+/m0/s1. The lowest BCUT2D eigenvalue weighted by Gasteiger charge is -2.36. The summed E-state index contributed by atoms with van der Waals surface area (Å²) in [5.41, 5.74) is 1.79. The Morgan fingerprint density at radius 3 is 1.64 bits per heavy atom. The van der Waals surface area contributed by atoms with Gasteiger partial charge in [0, 0.05) is 11.8 Å². The van der Waals surface area contributed by atoms with Crippen LogP contribution in [0.4, 0.5) is 0 Å². The second-order valence-corrected chi connectivity index (χ2v) is 6.17. The van der Waals surface area contributed by atoms with E-state index in [4.69, 9.17) is 4.74 Å². The van der Waals surface area contributed by atoms with Crippen molar-refractivity contribution in [3.8, 4) is 0 Å². The van der Waals surface area contributed by atoms with Gasteiger partial charge in [-0.25, -0.2) is 0 Å². The van der Waals surface area contributed by atoms with Gasteiger partial charge in [0.15, 0.2) is 0 Å². The van der Waals surface area contributed by atoms with Crippen molar-refractivity contribution in [3.05, 3.63) is 83.9 Å². The maximum absolute atomic E-state index is 12.5. The Balaban J connectivity index is 2.10. The molecule has 2 aromatic carbocycles. The summed E-state index contributed by atoms with van der Waals surface area (Å²) in [6.45, 7) is 0. The van der Waals surface area contributed by atoms with Gasteiger partial charge in [0.05, 0.1) is 18.9 Å². The zero-order valence-electron chi connectivity index (χ0n) is 13.9. The number of carboxylic acids is 1. The molecule has 0 spiro atoms. The van der Waals surface area contributed by atoms with E-state index in [0.29, 0.717) is 0 Å². The van der Waals surface area contributed by atoms with E-state index in [0.717, 1.165) is 11.1 Å². The molecule has 3 rings (SSSR count). The molecule has 0 unspecified atom stereocenters. The highest BCUT2D eigenvalue weighted by Crippen LogP contribution is 2.44. The van der Waals surface area contributed by atoms with Crippen molar-refractivity contribution in [3.63, 3.8) is 0 Å². The first-order valence-corrected chi connectivity index (χ1v) is 8.22. The second kappa shape index (κ2) is 7.34. The van der Waals surface area contributed by atoms with Crippen LogP contribution in [0, 0.1) is 11.8 Å². The summed E-state index contributed by atoms with van der Waals surface area (Å²) in [7, 11) is 1.30. The van der Waals surface area contributed by atoms with E-state index < -0.39 is 23.8 Å². The Labute approximate surface area is 146 Å². The number of hydrogen-bond acceptors (Lipinski definition) is 3.